The normalized spacial score (nSPS) is 11.4. The fraction of sp³-hybridized carbons (Fsp3) is 0.167. The van der Waals surface area contributed by atoms with Gasteiger partial charge in [-0.1, -0.05) is 11.6 Å². The number of rotatable bonds is 5. The molecular weight excluding hydrogens is 384 g/mol. The van der Waals surface area contributed by atoms with Gasteiger partial charge in [-0.3, -0.25) is 0 Å². The second kappa shape index (κ2) is 7.11. The molecule has 0 saturated heterocycles. The standard InChI is InChI=1S/C12H10ClF2N5O4S/c1-6-5-8(24-10(14)15)19-12(18-6)20(11(16)21)25(22,23)7-3-2-4-17-9(7)13/h2-5,10H,1H3,(H2,16,21). The molecule has 2 heterocycles. The third kappa shape index (κ3) is 4.09. The average molecular weight is 394 g/mol. The van der Waals surface area contributed by atoms with Crippen LogP contribution in [-0.2, 0) is 10.0 Å². The van der Waals surface area contributed by atoms with Crippen molar-refractivity contribution in [2.75, 3.05) is 4.31 Å². The molecule has 134 valence electrons. The summed E-state index contributed by atoms with van der Waals surface area (Å²) in [5, 5.41) is -0.426. The van der Waals surface area contributed by atoms with Crippen LogP contribution in [0, 0.1) is 6.92 Å². The SMILES string of the molecule is Cc1cc(OC(F)F)nc(N(C(N)=O)S(=O)(=O)c2cccnc2Cl)n1. The van der Waals surface area contributed by atoms with Gasteiger partial charge in [0.1, 0.15) is 10.0 Å². The highest BCUT2D eigenvalue weighted by atomic mass is 35.5. The average Bonchev–Trinajstić information content (AvgIpc) is 2.45. The van der Waals surface area contributed by atoms with Gasteiger partial charge in [-0.15, -0.1) is 4.31 Å². The minimum absolute atomic E-state index is 0.0151. The number of sulfonamides is 1. The zero-order chi connectivity index (χ0) is 18.8. The van der Waals surface area contributed by atoms with Crippen molar-refractivity contribution in [3.8, 4) is 5.88 Å². The maximum absolute atomic E-state index is 12.7. The lowest BCUT2D eigenvalue weighted by molar-refractivity contribution is -0.0528. The number of primary amides is 1. The van der Waals surface area contributed by atoms with Crippen LogP contribution in [0.3, 0.4) is 0 Å². The number of hydrogen-bond donors (Lipinski definition) is 1. The van der Waals surface area contributed by atoms with Crippen molar-refractivity contribution < 1.29 is 26.7 Å². The summed E-state index contributed by atoms with van der Waals surface area (Å²) >= 11 is 5.74. The number of aromatic nitrogens is 3. The first kappa shape index (κ1) is 18.7. The van der Waals surface area contributed by atoms with Crippen molar-refractivity contribution in [3.05, 3.63) is 35.2 Å². The van der Waals surface area contributed by atoms with Gasteiger partial charge in [0.15, 0.2) is 0 Å². The van der Waals surface area contributed by atoms with E-state index in [1.54, 1.807) is 0 Å². The maximum atomic E-state index is 12.7. The summed E-state index contributed by atoms with van der Waals surface area (Å²) in [6, 6.07) is 1.89. The van der Waals surface area contributed by atoms with E-state index < -0.39 is 44.5 Å². The Hall–Kier alpha value is -2.60. The van der Waals surface area contributed by atoms with Crippen LogP contribution in [-0.4, -0.2) is 36.0 Å². The Morgan fingerprint density at radius 3 is 2.64 bits per heavy atom. The smallest absolute Gasteiger partial charge is 0.388 e. The van der Waals surface area contributed by atoms with Crippen molar-refractivity contribution in [2.45, 2.75) is 18.4 Å². The molecule has 25 heavy (non-hydrogen) atoms. The topological polar surface area (TPSA) is 128 Å². The third-order valence-electron chi connectivity index (χ3n) is 2.65. The molecule has 2 rings (SSSR count). The number of urea groups is 1. The van der Waals surface area contributed by atoms with Crippen molar-refractivity contribution in [1.82, 2.24) is 15.0 Å². The van der Waals surface area contributed by atoms with Gasteiger partial charge in [0.05, 0.1) is 0 Å². The van der Waals surface area contributed by atoms with E-state index in [1.807, 2.05) is 0 Å². The molecular formula is C12H10ClF2N5O4S. The zero-order valence-electron chi connectivity index (χ0n) is 12.4. The molecule has 0 bridgehead atoms. The van der Waals surface area contributed by atoms with Crippen LogP contribution in [0.5, 0.6) is 5.88 Å². The summed E-state index contributed by atoms with van der Waals surface area (Å²) in [7, 11) is -4.65. The maximum Gasteiger partial charge on any atom is 0.388 e. The number of alkyl halides is 2. The van der Waals surface area contributed by atoms with Gasteiger partial charge < -0.3 is 10.5 Å². The van der Waals surface area contributed by atoms with Crippen LogP contribution in [0.4, 0.5) is 19.5 Å². The van der Waals surface area contributed by atoms with Crippen molar-refractivity contribution in [2.24, 2.45) is 5.73 Å². The highest BCUT2D eigenvalue weighted by Crippen LogP contribution is 2.26. The van der Waals surface area contributed by atoms with E-state index in [4.69, 9.17) is 17.3 Å². The van der Waals surface area contributed by atoms with Crippen LogP contribution >= 0.6 is 11.6 Å². The van der Waals surface area contributed by atoms with Crippen molar-refractivity contribution >= 4 is 33.6 Å². The number of anilines is 1. The number of amides is 2. The van der Waals surface area contributed by atoms with E-state index in [2.05, 4.69) is 19.7 Å². The minimum Gasteiger partial charge on any atom is -0.417 e. The molecule has 13 heteroatoms. The monoisotopic (exact) mass is 393 g/mol. The number of carbonyl (C=O) groups excluding carboxylic acids is 1. The molecule has 2 N–H and O–H groups in total. The summed E-state index contributed by atoms with van der Waals surface area (Å²) in [6.07, 6.45) is 1.23. The quantitative estimate of drug-likeness (QED) is 0.765. The number of ether oxygens (including phenoxy) is 1. The first-order valence-electron chi connectivity index (χ1n) is 6.38. The Morgan fingerprint density at radius 1 is 1.40 bits per heavy atom. The second-order valence-electron chi connectivity index (χ2n) is 4.43. The molecule has 0 unspecified atom stereocenters. The van der Waals surface area contributed by atoms with Crippen LogP contribution in [0.2, 0.25) is 5.15 Å². The van der Waals surface area contributed by atoms with E-state index in [-0.39, 0.29) is 10.00 Å². The summed E-state index contributed by atoms with van der Waals surface area (Å²) in [4.78, 5) is 22.0. The molecule has 9 nitrogen and oxygen atoms in total. The number of nitrogens with zero attached hydrogens (tertiary/aromatic N) is 4. The lowest BCUT2D eigenvalue weighted by Gasteiger charge is -2.19. The summed E-state index contributed by atoms with van der Waals surface area (Å²) in [5.74, 6) is -1.42. The summed E-state index contributed by atoms with van der Waals surface area (Å²) in [5.41, 5.74) is 5.17. The molecule has 0 saturated carbocycles. The molecule has 0 spiro atoms. The largest absolute Gasteiger partial charge is 0.417 e. The first-order valence-corrected chi connectivity index (χ1v) is 8.20. The number of carbonyl (C=O) groups is 1. The van der Waals surface area contributed by atoms with E-state index in [0.29, 0.717) is 0 Å². The molecule has 0 aromatic carbocycles. The minimum atomic E-state index is -4.65. The Labute approximate surface area is 145 Å². The van der Waals surface area contributed by atoms with E-state index in [1.165, 1.54) is 19.2 Å². The summed E-state index contributed by atoms with van der Waals surface area (Å²) < 4.78 is 54.2. The molecule has 0 aliphatic heterocycles. The number of nitrogens with two attached hydrogens (primary N) is 1. The van der Waals surface area contributed by atoms with Crippen LogP contribution in [0.1, 0.15) is 5.69 Å². The number of hydrogen-bond acceptors (Lipinski definition) is 7. The Kier molecular flexibility index (Phi) is 5.33. The Bertz CT molecular complexity index is 912. The molecule has 2 aromatic heterocycles. The van der Waals surface area contributed by atoms with E-state index in [9.17, 15) is 22.0 Å². The molecule has 0 aliphatic rings. The van der Waals surface area contributed by atoms with Crippen LogP contribution < -0.4 is 14.8 Å². The highest BCUT2D eigenvalue weighted by molar-refractivity contribution is 7.93. The van der Waals surface area contributed by atoms with Gasteiger partial charge in [-0.2, -0.15) is 13.8 Å². The number of aryl methyl sites for hydroxylation is 1. The second-order valence-corrected chi connectivity index (χ2v) is 6.54. The van der Waals surface area contributed by atoms with Crippen molar-refractivity contribution in [3.63, 3.8) is 0 Å². The predicted octanol–water partition coefficient (Wildman–Crippen LogP) is 1.71. The molecule has 2 amide bonds. The molecule has 0 radical (unpaired) electrons. The van der Waals surface area contributed by atoms with Crippen LogP contribution in [0.15, 0.2) is 29.3 Å². The predicted molar refractivity (Wildman–Crippen MR) is 81.9 cm³/mol. The van der Waals surface area contributed by atoms with Gasteiger partial charge in [0, 0.05) is 18.0 Å². The van der Waals surface area contributed by atoms with Gasteiger partial charge in [-0.25, -0.2) is 23.2 Å². The third-order valence-corrected chi connectivity index (χ3v) is 4.78. The van der Waals surface area contributed by atoms with E-state index >= 15 is 0 Å². The fourth-order valence-corrected chi connectivity index (χ4v) is 3.41. The number of halogens is 3. The summed E-state index contributed by atoms with van der Waals surface area (Å²) in [6.45, 7) is -1.86. The van der Waals surface area contributed by atoms with Gasteiger partial charge >= 0.3 is 12.6 Å². The molecule has 0 aliphatic carbocycles. The van der Waals surface area contributed by atoms with Gasteiger partial charge in [0.25, 0.3) is 16.0 Å². The number of pyridine rings is 1. The lowest BCUT2D eigenvalue weighted by Crippen LogP contribution is -2.42. The highest BCUT2D eigenvalue weighted by Gasteiger charge is 2.34. The zero-order valence-corrected chi connectivity index (χ0v) is 14.0. The molecule has 0 fully saturated rings. The lowest BCUT2D eigenvalue weighted by atomic mass is 10.4. The van der Waals surface area contributed by atoms with E-state index in [0.717, 1.165) is 12.1 Å². The first-order chi connectivity index (χ1) is 11.6. The molecule has 2 aromatic rings. The van der Waals surface area contributed by atoms with Gasteiger partial charge in [-0.05, 0) is 19.1 Å². The Morgan fingerprint density at radius 2 is 2.08 bits per heavy atom. The Balaban J connectivity index is 2.61. The van der Waals surface area contributed by atoms with Crippen LogP contribution in [0.25, 0.3) is 0 Å². The fourth-order valence-electron chi connectivity index (χ4n) is 1.75. The van der Waals surface area contributed by atoms with Crippen molar-refractivity contribution in [1.29, 1.82) is 0 Å². The van der Waals surface area contributed by atoms with Gasteiger partial charge in [0.2, 0.25) is 5.88 Å². The molecule has 0 atom stereocenters.